The molecule has 156 valence electrons. The summed E-state index contributed by atoms with van der Waals surface area (Å²) in [6.45, 7) is 11.0. The molecule has 29 heavy (non-hydrogen) atoms. The van der Waals surface area contributed by atoms with Crippen molar-refractivity contribution >= 4 is 11.8 Å². The summed E-state index contributed by atoms with van der Waals surface area (Å²) in [6.07, 6.45) is 12.6. The van der Waals surface area contributed by atoms with Crippen LogP contribution < -0.4 is 0 Å². The minimum absolute atomic E-state index is 0. The van der Waals surface area contributed by atoms with Crippen LogP contribution in [0.15, 0.2) is 72.4 Å². The first-order chi connectivity index (χ1) is 13.7. The van der Waals surface area contributed by atoms with Gasteiger partial charge in [0, 0.05) is 24.1 Å². The summed E-state index contributed by atoms with van der Waals surface area (Å²) >= 11 is 0. The highest BCUT2D eigenvalue weighted by Gasteiger charge is 2.15. The van der Waals surface area contributed by atoms with Gasteiger partial charge in [-0.3, -0.25) is 9.98 Å². The number of rotatable bonds is 8. The van der Waals surface area contributed by atoms with E-state index in [0.29, 0.717) is 11.8 Å². The third kappa shape index (κ3) is 8.60. The molecule has 2 nitrogen and oxygen atoms in total. The lowest BCUT2D eigenvalue weighted by Crippen LogP contribution is -2.15. The van der Waals surface area contributed by atoms with Gasteiger partial charge in [0.15, 0.2) is 0 Å². The number of allylic oxidation sites excluding steroid dienone is 1. The lowest BCUT2D eigenvalue weighted by atomic mass is 9.89. The summed E-state index contributed by atoms with van der Waals surface area (Å²) in [5.41, 5.74) is 4.98. The molecule has 3 rings (SSSR count). The van der Waals surface area contributed by atoms with Gasteiger partial charge in [-0.05, 0) is 66.9 Å². The number of aromatic nitrogens is 1. The lowest BCUT2D eigenvalue weighted by molar-refractivity contribution is 0.494. The SMILES string of the molecule is C.C=Cc1ccc(CCC(CC2=NCC(C)C=C2)Cc2ccccn2)cc1.CC. The van der Waals surface area contributed by atoms with Crippen LogP contribution in [-0.4, -0.2) is 17.2 Å². The van der Waals surface area contributed by atoms with Crippen LogP contribution in [0.2, 0.25) is 0 Å². The Kier molecular flexibility index (Phi) is 11.6. The Bertz CT molecular complexity index is 757. The Morgan fingerprint density at radius 2 is 1.86 bits per heavy atom. The molecule has 0 spiro atoms. The molecule has 1 aliphatic heterocycles. The van der Waals surface area contributed by atoms with Crippen molar-refractivity contribution in [3.8, 4) is 0 Å². The molecule has 2 unspecified atom stereocenters. The largest absolute Gasteiger partial charge is 0.289 e. The number of nitrogens with zero attached hydrogens (tertiary/aromatic N) is 2. The first-order valence-corrected chi connectivity index (χ1v) is 10.6. The fourth-order valence-corrected chi connectivity index (χ4v) is 3.36. The van der Waals surface area contributed by atoms with Gasteiger partial charge < -0.3 is 0 Å². The van der Waals surface area contributed by atoms with Crippen molar-refractivity contribution in [2.24, 2.45) is 16.8 Å². The zero-order valence-corrected chi connectivity index (χ0v) is 17.6. The predicted octanol–water partition coefficient (Wildman–Crippen LogP) is 7.22. The van der Waals surface area contributed by atoms with E-state index in [1.807, 2.05) is 32.2 Å². The van der Waals surface area contributed by atoms with E-state index in [2.05, 4.69) is 67.0 Å². The first-order valence-electron chi connectivity index (χ1n) is 10.6. The molecule has 0 N–H and O–H groups in total. The van der Waals surface area contributed by atoms with Gasteiger partial charge in [0.25, 0.3) is 0 Å². The minimum Gasteiger partial charge on any atom is -0.289 e. The molecular weight excluding hydrogens is 352 g/mol. The highest BCUT2D eigenvalue weighted by Crippen LogP contribution is 2.21. The third-order valence-electron chi connectivity index (χ3n) is 4.98. The van der Waals surface area contributed by atoms with E-state index < -0.39 is 0 Å². The minimum atomic E-state index is 0. The molecule has 0 amide bonds. The molecule has 1 aromatic heterocycles. The molecule has 0 radical (unpaired) electrons. The molecule has 1 aliphatic rings. The Balaban J connectivity index is 0.00000136. The second kappa shape index (κ2) is 13.7. The maximum absolute atomic E-state index is 4.77. The highest BCUT2D eigenvalue weighted by atomic mass is 14.7. The van der Waals surface area contributed by atoms with Gasteiger partial charge in [-0.25, -0.2) is 0 Å². The van der Waals surface area contributed by atoms with Gasteiger partial charge in [0.2, 0.25) is 0 Å². The van der Waals surface area contributed by atoms with Crippen LogP contribution in [0.5, 0.6) is 0 Å². The van der Waals surface area contributed by atoms with Crippen LogP contribution in [-0.2, 0) is 12.8 Å². The van der Waals surface area contributed by atoms with Crippen molar-refractivity contribution in [2.45, 2.75) is 53.9 Å². The van der Waals surface area contributed by atoms with Crippen molar-refractivity contribution in [1.82, 2.24) is 4.98 Å². The number of dihydropyridines is 1. The smallest absolute Gasteiger partial charge is 0.0452 e. The maximum Gasteiger partial charge on any atom is 0.0452 e. The van der Waals surface area contributed by atoms with Gasteiger partial charge in [-0.2, -0.15) is 0 Å². The first kappa shape index (κ1) is 24.6. The molecule has 1 aromatic carbocycles. The summed E-state index contributed by atoms with van der Waals surface area (Å²) in [7, 11) is 0. The molecule has 2 atom stereocenters. The molecule has 0 aliphatic carbocycles. The maximum atomic E-state index is 4.77. The Morgan fingerprint density at radius 1 is 1.10 bits per heavy atom. The molecule has 0 fully saturated rings. The van der Waals surface area contributed by atoms with Crippen molar-refractivity contribution in [1.29, 1.82) is 0 Å². The summed E-state index contributed by atoms with van der Waals surface area (Å²) < 4.78 is 0. The number of pyridine rings is 1. The van der Waals surface area contributed by atoms with Crippen LogP contribution in [0.25, 0.3) is 6.08 Å². The van der Waals surface area contributed by atoms with Gasteiger partial charge in [-0.1, -0.05) is 77.3 Å². The van der Waals surface area contributed by atoms with Crippen LogP contribution in [0.3, 0.4) is 0 Å². The third-order valence-corrected chi connectivity index (χ3v) is 4.98. The normalized spacial score (nSPS) is 16.0. The average molecular weight is 391 g/mol. The zero-order chi connectivity index (χ0) is 20.2. The van der Waals surface area contributed by atoms with Crippen LogP contribution in [0, 0.1) is 11.8 Å². The van der Waals surface area contributed by atoms with Crippen molar-refractivity contribution in [3.05, 3.63) is 84.2 Å². The van der Waals surface area contributed by atoms with E-state index in [0.717, 1.165) is 32.2 Å². The summed E-state index contributed by atoms with van der Waals surface area (Å²) in [6, 6.07) is 14.9. The van der Waals surface area contributed by atoms with Crippen molar-refractivity contribution < 1.29 is 0 Å². The van der Waals surface area contributed by atoms with E-state index in [4.69, 9.17) is 4.99 Å². The highest BCUT2D eigenvalue weighted by molar-refractivity contribution is 5.95. The van der Waals surface area contributed by atoms with Gasteiger partial charge in [-0.15, -0.1) is 0 Å². The fraction of sp³-hybridized carbons (Fsp3) is 0.407. The Labute approximate surface area is 178 Å². The van der Waals surface area contributed by atoms with E-state index in [-0.39, 0.29) is 7.43 Å². The number of hydrogen-bond acceptors (Lipinski definition) is 2. The molecule has 0 saturated carbocycles. The average Bonchev–Trinajstić information content (AvgIpc) is 2.76. The van der Waals surface area contributed by atoms with Gasteiger partial charge in [0.1, 0.15) is 0 Å². The zero-order valence-electron chi connectivity index (χ0n) is 17.6. The second-order valence-corrected chi connectivity index (χ2v) is 7.25. The molecular formula is C27H38N2. The van der Waals surface area contributed by atoms with E-state index in [1.165, 1.54) is 22.5 Å². The van der Waals surface area contributed by atoms with Crippen LogP contribution in [0.4, 0.5) is 0 Å². The summed E-state index contributed by atoms with van der Waals surface area (Å²) in [5.74, 6) is 1.12. The van der Waals surface area contributed by atoms with E-state index in [9.17, 15) is 0 Å². The van der Waals surface area contributed by atoms with Crippen LogP contribution in [0.1, 0.15) is 57.9 Å². The van der Waals surface area contributed by atoms with Gasteiger partial charge in [0.05, 0.1) is 0 Å². The Morgan fingerprint density at radius 3 is 2.45 bits per heavy atom. The quantitative estimate of drug-likeness (QED) is 0.467. The number of hydrogen-bond donors (Lipinski definition) is 0. The van der Waals surface area contributed by atoms with E-state index in [1.54, 1.807) is 0 Å². The van der Waals surface area contributed by atoms with Crippen LogP contribution >= 0.6 is 0 Å². The standard InChI is InChI=1S/C24H28N2.C2H6.CH4/c1-3-20-8-10-21(11-9-20)12-13-22(16-23-6-4-5-15-25-23)17-24-14-7-19(2)18-26-24;1-2;/h3-11,14-15,19,22H,1,12-13,16-18H2,2H3;1-2H3;1H4. The molecule has 2 heterocycles. The number of aryl methyl sites for hydroxylation is 1. The molecule has 0 saturated heterocycles. The number of benzene rings is 1. The monoisotopic (exact) mass is 390 g/mol. The Hall–Kier alpha value is -2.48. The van der Waals surface area contributed by atoms with Gasteiger partial charge >= 0.3 is 0 Å². The predicted molar refractivity (Wildman–Crippen MR) is 130 cm³/mol. The van der Waals surface area contributed by atoms with Crippen molar-refractivity contribution in [2.75, 3.05) is 6.54 Å². The molecule has 2 aromatic rings. The molecule has 0 bridgehead atoms. The lowest BCUT2D eigenvalue weighted by Gasteiger charge is -2.19. The van der Waals surface area contributed by atoms with Crippen molar-refractivity contribution in [3.63, 3.8) is 0 Å². The second-order valence-electron chi connectivity index (χ2n) is 7.25. The molecule has 2 heteroatoms. The topological polar surface area (TPSA) is 25.2 Å². The summed E-state index contributed by atoms with van der Waals surface area (Å²) in [5, 5.41) is 0. The summed E-state index contributed by atoms with van der Waals surface area (Å²) in [4.78, 5) is 9.30. The van der Waals surface area contributed by atoms with E-state index >= 15 is 0 Å². The number of aliphatic imine (C=N–C) groups is 1. The fourth-order valence-electron chi connectivity index (χ4n) is 3.36.